The van der Waals surface area contributed by atoms with E-state index in [0.717, 1.165) is 64.2 Å². The van der Waals surface area contributed by atoms with Gasteiger partial charge in [-0.25, -0.2) is 4.99 Å². The number of amidine groups is 1. The molecule has 0 N–H and O–H groups in total. The lowest BCUT2D eigenvalue weighted by atomic mass is 9.94. The number of amides is 1. The van der Waals surface area contributed by atoms with Crippen LogP contribution in [0.3, 0.4) is 0 Å². The molecule has 6 heteroatoms. The molecule has 0 radical (unpaired) electrons. The van der Waals surface area contributed by atoms with Crippen LogP contribution in [0.25, 0.3) is 16.8 Å². The topological polar surface area (TPSA) is 41.9 Å². The van der Waals surface area contributed by atoms with E-state index in [4.69, 9.17) is 21.3 Å². The van der Waals surface area contributed by atoms with Crippen LogP contribution in [0.15, 0.2) is 101 Å². The van der Waals surface area contributed by atoms with Crippen molar-refractivity contribution in [3.05, 3.63) is 112 Å². The first-order chi connectivity index (χ1) is 19.2. The van der Waals surface area contributed by atoms with E-state index >= 15 is 0 Å². The molecule has 1 aliphatic carbocycles. The molecule has 0 atom stereocenters. The Kier molecular flexibility index (Phi) is 7.71. The summed E-state index contributed by atoms with van der Waals surface area (Å²) >= 11 is 7.52. The first-order valence-corrected chi connectivity index (χ1v) is 14.6. The third-order valence-electron chi connectivity index (χ3n) is 7.27. The third-order valence-corrected chi connectivity index (χ3v) is 8.51. The van der Waals surface area contributed by atoms with Crippen molar-refractivity contribution in [2.75, 3.05) is 0 Å². The molecule has 4 aromatic carbocycles. The Morgan fingerprint density at radius 2 is 1.64 bits per heavy atom. The van der Waals surface area contributed by atoms with Crippen LogP contribution in [0.1, 0.15) is 43.2 Å². The van der Waals surface area contributed by atoms with Gasteiger partial charge in [-0.1, -0.05) is 91.5 Å². The van der Waals surface area contributed by atoms with Gasteiger partial charge >= 0.3 is 0 Å². The van der Waals surface area contributed by atoms with Gasteiger partial charge in [-0.05, 0) is 77.3 Å². The molecule has 1 amide bonds. The number of hydrogen-bond acceptors (Lipinski definition) is 4. The van der Waals surface area contributed by atoms with Gasteiger partial charge in [0.1, 0.15) is 12.4 Å². The summed E-state index contributed by atoms with van der Waals surface area (Å²) in [4.78, 5) is 21.5. The highest BCUT2D eigenvalue weighted by Crippen LogP contribution is 2.40. The molecule has 0 bridgehead atoms. The number of halogens is 1. The zero-order valence-corrected chi connectivity index (χ0v) is 23.1. The number of benzene rings is 4. The fourth-order valence-electron chi connectivity index (χ4n) is 5.26. The predicted octanol–water partition coefficient (Wildman–Crippen LogP) is 9.01. The van der Waals surface area contributed by atoms with Crippen LogP contribution in [0.5, 0.6) is 5.75 Å². The summed E-state index contributed by atoms with van der Waals surface area (Å²) < 4.78 is 6.33. The number of fused-ring (bicyclic) bond motifs is 1. The fourth-order valence-corrected chi connectivity index (χ4v) is 6.43. The second kappa shape index (κ2) is 11.7. The Bertz CT molecular complexity index is 1540. The predicted molar refractivity (Wildman–Crippen MR) is 163 cm³/mol. The maximum Gasteiger partial charge on any atom is 0.267 e. The number of carbonyl (C=O) groups excluding carboxylic acids is 1. The number of nitrogens with zero attached hydrogens (tertiary/aromatic N) is 2. The molecule has 196 valence electrons. The van der Waals surface area contributed by atoms with Gasteiger partial charge < -0.3 is 4.74 Å². The lowest BCUT2D eigenvalue weighted by Gasteiger charge is -2.30. The van der Waals surface area contributed by atoms with Crippen LogP contribution in [-0.4, -0.2) is 22.0 Å². The monoisotopic (exact) mass is 552 g/mol. The number of aliphatic imine (C=N–C) groups is 1. The Morgan fingerprint density at radius 1 is 0.897 bits per heavy atom. The van der Waals surface area contributed by atoms with Crippen molar-refractivity contribution in [3.8, 4) is 5.75 Å². The van der Waals surface area contributed by atoms with Crippen LogP contribution < -0.4 is 4.74 Å². The van der Waals surface area contributed by atoms with Crippen LogP contribution in [-0.2, 0) is 11.4 Å². The molecule has 0 spiro atoms. The summed E-state index contributed by atoms with van der Waals surface area (Å²) in [5.74, 6) is 0.764. The Balaban J connectivity index is 1.39. The molecule has 1 heterocycles. The molecule has 6 rings (SSSR count). The number of ether oxygens (including phenoxy) is 1. The molecule has 2 fully saturated rings. The summed E-state index contributed by atoms with van der Waals surface area (Å²) in [5, 5.41) is 3.60. The van der Waals surface area contributed by atoms with Gasteiger partial charge in [-0.15, -0.1) is 0 Å². The maximum absolute atomic E-state index is 14.0. The summed E-state index contributed by atoms with van der Waals surface area (Å²) in [6.07, 6.45) is 7.53. The van der Waals surface area contributed by atoms with Crippen molar-refractivity contribution >= 4 is 57.0 Å². The van der Waals surface area contributed by atoms with Crippen molar-refractivity contribution in [1.29, 1.82) is 0 Å². The average Bonchev–Trinajstić information content (AvgIpc) is 3.28. The van der Waals surface area contributed by atoms with Crippen molar-refractivity contribution in [3.63, 3.8) is 0 Å². The highest BCUT2D eigenvalue weighted by Gasteiger charge is 2.39. The van der Waals surface area contributed by atoms with Crippen LogP contribution in [0, 0.1) is 0 Å². The van der Waals surface area contributed by atoms with Crippen molar-refractivity contribution < 1.29 is 9.53 Å². The second-order valence-corrected chi connectivity index (χ2v) is 11.4. The molecule has 0 unspecified atom stereocenters. The SMILES string of the molecule is O=C1/C(=C/c2c(OCc3ccc(Cl)cc3)ccc3ccccc23)SC(=Nc2ccccc2)N1C1CCCCC1. The molecule has 0 aromatic heterocycles. The molecule has 4 aromatic rings. The number of rotatable bonds is 6. The zero-order valence-electron chi connectivity index (χ0n) is 21.6. The lowest BCUT2D eigenvalue weighted by Crippen LogP contribution is -2.40. The summed E-state index contributed by atoms with van der Waals surface area (Å²) in [6.45, 7) is 0.404. The van der Waals surface area contributed by atoms with Crippen LogP contribution in [0.4, 0.5) is 5.69 Å². The highest BCUT2D eigenvalue weighted by atomic mass is 35.5. The van der Waals surface area contributed by atoms with Crippen LogP contribution in [0.2, 0.25) is 5.02 Å². The summed E-state index contributed by atoms with van der Waals surface area (Å²) in [5.41, 5.74) is 2.78. The smallest absolute Gasteiger partial charge is 0.267 e. The molecule has 1 saturated heterocycles. The maximum atomic E-state index is 14.0. The van der Waals surface area contributed by atoms with Gasteiger partial charge in [-0.2, -0.15) is 0 Å². The van der Waals surface area contributed by atoms with Crippen molar-refractivity contribution in [2.45, 2.75) is 44.8 Å². The summed E-state index contributed by atoms with van der Waals surface area (Å²) in [7, 11) is 0. The standard InChI is InChI=1S/C33H29ClN2O2S/c34-25-18-15-23(16-19-25)22-38-30-20-17-24-9-7-8-14-28(24)29(30)21-31-32(37)36(27-12-5-2-6-13-27)33(39-31)35-26-10-3-1-4-11-26/h1,3-4,7-11,14-21,27H,2,5-6,12-13,22H2/b31-21-,35-33?. The molecule has 1 aliphatic heterocycles. The van der Waals surface area contributed by atoms with E-state index in [0.29, 0.717) is 16.5 Å². The van der Waals surface area contributed by atoms with E-state index in [1.165, 1.54) is 18.2 Å². The van der Waals surface area contributed by atoms with Crippen molar-refractivity contribution in [2.24, 2.45) is 4.99 Å². The van der Waals surface area contributed by atoms with Gasteiger partial charge in [0.25, 0.3) is 5.91 Å². The first-order valence-electron chi connectivity index (χ1n) is 13.4. The van der Waals surface area contributed by atoms with E-state index in [-0.39, 0.29) is 11.9 Å². The fraction of sp³-hybridized carbons (Fsp3) is 0.212. The number of hydrogen-bond donors (Lipinski definition) is 0. The minimum atomic E-state index is 0.0261. The Hall–Kier alpha value is -3.54. The Labute approximate surface area is 238 Å². The number of para-hydroxylation sites is 1. The van der Waals surface area contributed by atoms with E-state index in [1.807, 2.05) is 83.8 Å². The molecule has 4 nitrogen and oxygen atoms in total. The quantitative estimate of drug-likeness (QED) is 0.224. The highest BCUT2D eigenvalue weighted by molar-refractivity contribution is 8.18. The van der Waals surface area contributed by atoms with Gasteiger partial charge in [-0.3, -0.25) is 9.69 Å². The van der Waals surface area contributed by atoms with Gasteiger partial charge in [0.2, 0.25) is 0 Å². The molecular formula is C33H29ClN2O2S. The number of thioether (sulfide) groups is 1. The largest absolute Gasteiger partial charge is 0.488 e. The normalized spacial score (nSPS) is 18.4. The zero-order chi connectivity index (χ0) is 26.6. The van der Waals surface area contributed by atoms with Gasteiger partial charge in [0.05, 0.1) is 10.6 Å². The van der Waals surface area contributed by atoms with Crippen LogP contribution >= 0.6 is 23.4 Å². The Morgan fingerprint density at radius 3 is 2.44 bits per heavy atom. The van der Waals surface area contributed by atoms with Crippen molar-refractivity contribution in [1.82, 2.24) is 4.90 Å². The van der Waals surface area contributed by atoms with Gasteiger partial charge in [0, 0.05) is 16.6 Å². The number of carbonyl (C=O) groups is 1. The third kappa shape index (κ3) is 5.75. The van der Waals surface area contributed by atoms with E-state index in [1.54, 1.807) is 0 Å². The van der Waals surface area contributed by atoms with Gasteiger partial charge in [0.15, 0.2) is 5.17 Å². The second-order valence-electron chi connectivity index (χ2n) is 9.92. The first kappa shape index (κ1) is 25.7. The van der Waals surface area contributed by atoms with E-state index in [9.17, 15) is 4.79 Å². The molecular weight excluding hydrogens is 524 g/mol. The molecule has 1 saturated carbocycles. The molecule has 39 heavy (non-hydrogen) atoms. The van der Waals surface area contributed by atoms with E-state index < -0.39 is 0 Å². The summed E-state index contributed by atoms with van der Waals surface area (Å²) in [6, 6.07) is 30.0. The van der Waals surface area contributed by atoms with E-state index in [2.05, 4.69) is 18.2 Å². The molecule has 2 aliphatic rings. The lowest BCUT2D eigenvalue weighted by molar-refractivity contribution is -0.124. The minimum Gasteiger partial charge on any atom is -0.488 e. The average molecular weight is 553 g/mol. The minimum absolute atomic E-state index is 0.0261.